The summed E-state index contributed by atoms with van der Waals surface area (Å²) in [6.45, 7) is 14.1. The second-order valence-corrected chi connectivity index (χ2v) is 3.74. The molecule has 0 heterocycles. The van der Waals surface area contributed by atoms with Gasteiger partial charge in [0.15, 0.2) is 0 Å². The molecule has 2 aromatic carbocycles. The van der Waals surface area contributed by atoms with E-state index in [4.69, 9.17) is 10.2 Å². The molecule has 2 N–H and O–H groups in total. The van der Waals surface area contributed by atoms with Crippen LogP contribution in [0.15, 0.2) is 48.5 Å². The van der Waals surface area contributed by atoms with Crippen molar-refractivity contribution >= 4 is 0 Å². The van der Waals surface area contributed by atoms with Crippen LogP contribution in [0.4, 0.5) is 0 Å². The van der Waals surface area contributed by atoms with Gasteiger partial charge in [0.2, 0.25) is 0 Å². The number of hydrogen-bond donors (Lipinski definition) is 2. The molecule has 0 aromatic heterocycles. The fourth-order valence-electron chi connectivity index (χ4n) is 0.947. The third-order valence-electron chi connectivity index (χ3n) is 1.81. The molecular weight excluding hydrogens is 361 g/mol. The molecule has 0 atom stereocenters. The van der Waals surface area contributed by atoms with Crippen LogP contribution in [-0.4, -0.2) is 10.2 Å². The molecule has 0 aliphatic heterocycles. The van der Waals surface area contributed by atoms with Crippen LogP contribution in [-0.2, 0) is 32.7 Å². The molecule has 0 saturated heterocycles. The Hall–Kier alpha value is -0.856. The van der Waals surface area contributed by atoms with Crippen LogP contribution in [0.3, 0.4) is 0 Å². The van der Waals surface area contributed by atoms with E-state index in [1.165, 1.54) is 6.42 Å². The van der Waals surface area contributed by atoms with Crippen LogP contribution in [0.2, 0.25) is 0 Å². The van der Waals surface area contributed by atoms with Crippen molar-refractivity contribution in [2.75, 3.05) is 0 Å². The van der Waals surface area contributed by atoms with E-state index in [9.17, 15) is 0 Å². The van der Waals surface area contributed by atoms with Crippen molar-refractivity contribution in [3.05, 3.63) is 60.2 Å². The predicted octanol–water partition coefficient (Wildman–Crippen LogP) is 6.36. The van der Waals surface area contributed by atoms with E-state index in [0.717, 1.165) is 5.56 Å². The van der Waals surface area contributed by atoms with Gasteiger partial charge in [-0.25, -0.2) is 0 Å². The van der Waals surface area contributed by atoms with E-state index >= 15 is 0 Å². The topological polar surface area (TPSA) is 40.5 Å². The molecule has 0 bridgehead atoms. The van der Waals surface area contributed by atoms with Crippen molar-refractivity contribution in [3.63, 3.8) is 0 Å². The molecule has 2 nitrogen and oxygen atoms in total. The molecule has 2 aromatic rings. The average Bonchev–Trinajstić information content (AvgIpc) is 2.56. The predicted molar refractivity (Wildman–Crippen MR) is 98.4 cm³/mol. The van der Waals surface area contributed by atoms with Gasteiger partial charge in [-0.1, -0.05) is 66.2 Å². The summed E-state index contributed by atoms with van der Waals surface area (Å²) in [5.74, 6) is 0.565. The van der Waals surface area contributed by atoms with Crippen molar-refractivity contribution in [3.8, 4) is 11.5 Å². The van der Waals surface area contributed by atoms with Gasteiger partial charge in [0.25, 0.3) is 0 Å². The van der Waals surface area contributed by atoms with Crippen LogP contribution in [0.25, 0.3) is 0 Å². The van der Waals surface area contributed by atoms with Gasteiger partial charge >= 0.3 is 0 Å². The summed E-state index contributed by atoms with van der Waals surface area (Å²) in [6, 6.07) is 16.6. The maximum atomic E-state index is 8.92. The Morgan fingerprint density at radius 1 is 0.826 bits per heavy atom. The van der Waals surface area contributed by atoms with Gasteiger partial charge in [0.05, 0.1) is 0 Å². The van der Waals surface area contributed by atoms with Crippen molar-refractivity contribution in [2.24, 2.45) is 0 Å². The number of rotatable bonds is 0. The summed E-state index contributed by atoms with van der Waals surface area (Å²) in [5.41, 5.74) is 0.924. The molecule has 0 amide bonds. The molecule has 0 spiro atoms. The molecule has 0 saturated carbocycles. The van der Waals surface area contributed by atoms with E-state index < -0.39 is 0 Å². The molecule has 3 heteroatoms. The van der Waals surface area contributed by atoms with Crippen molar-refractivity contribution in [2.45, 2.75) is 54.9 Å². The monoisotopic (exact) mass is 394 g/mol. The average molecular weight is 394 g/mol. The normalized spacial score (nSPS) is 7.09. The molecule has 0 aliphatic rings. The first-order valence-electron chi connectivity index (χ1n) is 8.02. The largest absolute Gasteiger partial charge is 0.534 e. The van der Waals surface area contributed by atoms with Gasteiger partial charge in [0, 0.05) is 38.5 Å². The quantitative estimate of drug-likeness (QED) is 0.511. The molecule has 129 valence electrons. The number of benzene rings is 2. The number of aryl methyl sites for hydroxylation is 1. The fourth-order valence-corrected chi connectivity index (χ4v) is 0.947. The zero-order valence-electron chi connectivity index (χ0n) is 15.8. The molecule has 1 radical (unpaired) electrons. The van der Waals surface area contributed by atoms with E-state index in [2.05, 4.69) is 19.9 Å². The van der Waals surface area contributed by atoms with Crippen LogP contribution < -0.4 is 0 Å². The number of para-hydroxylation sites is 2. The van der Waals surface area contributed by atoms with Crippen LogP contribution in [0.5, 0.6) is 11.5 Å². The van der Waals surface area contributed by atoms with Crippen LogP contribution in [0.1, 0.15) is 53.5 Å². The summed E-state index contributed by atoms with van der Waals surface area (Å²) in [5, 5.41) is 17.5. The van der Waals surface area contributed by atoms with Crippen molar-refractivity contribution < 1.29 is 42.9 Å². The van der Waals surface area contributed by atoms with Crippen LogP contribution in [0, 0.1) is 13.0 Å². The maximum Gasteiger partial charge on any atom is 0.118 e. The molecule has 23 heavy (non-hydrogen) atoms. The third-order valence-corrected chi connectivity index (χ3v) is 1.81. The van der Waals surface area contributed by atoms with Crippen molar-refractivity contribution in [1.29, 1.82) is 0 Å². The van der Waals surface area contributed by atoms with E-state index in [1.807, 2.05) is 52.8 Å². The summed E-state index contributed by atoms with van der Waals surface area (Å²) in [7, 11) is 0. The zero-order chi connectivity index (χ0) is 17.8. The molecular formula is C20H33O2Y-. The van der Waals surface area contributed by atoms with Gasteiger partial charge < -0.3 is 10.2 Å². The number of hydrogen-bond acceptors (Lipinski definition) is 2. The Morgan fingerprint density at radius 2 is 1.26 bits per heavy atom. The van der Waals surface area contributed by atoms with Gasteiger partial charge in [-0.05, 0) is 18.6 Å². The van der Waals surface area contributed by atoms with Gasteiger partial charge in [-0.2, -0.15) is 18.2 Å². The number of phenolic OH excluding ortho intramolecular Hbond substituents is 2. The molecule has 0 unspecified atom stereocenters. The van der Waals surface area contributed by atoms with Crippen molar-refractivity contribution in [1.82, 2.24) is 0 Å². The first-order valence-corrected chi connectivity index (χ1v) is 8.02. The summed E-state index contributed by atoms with van der Waals surface area (Å²) in [4.78, 5) is 0. The Balaban J connectivity index is -0.000000111. The van der Waals surface area contributed by atoms with E-state index in [1.54, 1.807) is 30.3 Å². The maximum absolute atomic E-state index is 8.92. The summed E-state index contributed by atoms with van der Waals surface area (Å²) >= 11 is 0. The SMILES string of the molecule is CC.CC.CCC.Cc1ccccc1O.Oc1[c-]cccc1.[Y]. The third kappa shape index (κ3) is 23.5. The Labute approximate surface area is 168 Å². The standard InChI is InChI=1S/C7H8O.C6H5O.C3H8.2C2H6.Y/c1-6-4-2-3-5-7(6)8;7-6-4-2-1-3-5-6;1-3-2;2*1-2;/h2-5,8H,1H3;1-4,7H;3H2,1-2H3;2*1-2H3;/q;-1;;;;. The molecule has 0 fully saturated rings. The van der Waals surface area contributed by atoms with Gasteiger partial charge in [0.1, 0.15) is 5.75 Å². The summed E-state index contributed by atoms with van der Waals surface area (Å²) in [6.07, 6.45) is 1.25. The smallest absolute Gasteiger partial charge is 0.118 e. The van der Waals surface area contributed by atoms with Gasteiger partial charge in [-0.15, -0.1) is 12.1 Å². The fraction of sp³-hybridized carbons (Fsp3) is 0.400. The summed E-state index contributed by atoms with van der Waals surface area (Å²) < 4.78 is 0. The number of phenols is 2. The first-order chi connectivity index (χ1) is 10.6. The molecule has 2 rings (SSSR count). The Bertz CT molecular complexity index is 396. The minimum absolute atomic E-state index is 0. The first kappa shape index (κ1) is 30.1. The van der Waals surface area contributed by atoms with E-state index in [-0.39, 0.29) is 38.5 Å². The van der Waals surface area contributed by atoms with Gasteiger partial charge in [-0.3, -0.25) is 0 Å². The second kappa shape index (κ2) is 26.1. The Kier molecular flexibility index (Phi) is 34.1. The van der Waals surface area contributed by atoms with Crippen LogP contribution >= 0.6 is 0 Å². The zero-order valence-corrected chi connectivity index (χ0v) is 18.6. The Morgan fingerprint density at radius 3 is 1.48 bits per heavy atom. The number of aromatic hydroxyl groups is 2. The minimum Gasteiger partial charge on any atom is -0.534 e. The molecule has 0 aliphatic carbocycles. The second-order valence-electron chi connectivity index (χ2n) is 3.74. The van der Waals surface area contributed by atoms with E-state index in [0.29, 0.717) is 5.75 Å². The minimum atomic E-state index is 0.